The van der Waals surface area contributed by atoms with Crippen LogP contribution in [0.4, 0.5) is 0 Å². The number of carbonyl (C=O) groups excluding carboxylic acids is 2. The Labute approximate surface area is 168 Å². The molecule has 0 heterocycles. The van der Waals surface area contributed by atoms with Crippen molar-refractivity contribution in [3.63, 3.8) is 0 Å². The SMILES string of the molecule is C.C.CC.CC(C)=O.CCC.CSc1ccccc1CNC(C)C(C)=O. The van der Waals surface area contributed by atoms with Gasteiger partial charge in [-0.3, -0.25) is 4.79 Å². The van der Waals surface area contributed by atoms with Crippen molar-refractivity contribution in [3.05, 3.63) is 29.8 Å². The van der Waals surface area contributed by atoms with E-state index in [1.807, 2.05) is 32.9 Å². The van der Waals surface area contributed by atoms with Crippen LogP contribution in [0.25, 0.3) is 0 Å². The fourth-order valence-corrected chi connectivity index (χ4v) is 1.87. The van der Waals surface area contributed by atoms with Crippen LogP contribution in [0.15, 0.2) is 29.2 Å². The van der Waals surface area contributed by atoms with Gasteiger partial charge in [-0.1, -0.05) is 67.2 Å². The molecule has 156 valence electrons. The molecule has 1 unspecified atom stereocenters. The Morgan fingerprint density at radius 1 is 1.04 bits per heavy atom. The van der Waals surface area contributed by atoms with E-state index in [9.17, 15) is 9.59 Å². The van der Waals surface area contributed by atoms with Crippen LogP contribution in [-0.4, -0.2) is 23.9 Å². The molecule has 0 aliphatic heterocycles. The van der Waals surface area contributed by atoms with Gasteiger partial charge in [0, 0.05) is 11.4 Å². The van der Waals surface area contributed by atoms with E-state index in [1.54, 1.807) is 18.7 Å². The first-order valence-corrected chi connectivity index (χ1v) is 9.85. The molecule has 0 aliphatic carbocycles. The summed E-state index contributed by atoms with van der Waals surface area (Å²) in [5.41, 5.74) is 1.25. The van der Waals surface area contributed by atoms with Crippen LogP contribution >= 0.6 is 11.8 Å². The second kappa shape index (κ2) is 26.1. The number of hydrogen-bond donors (Lipinski definition) is 1. The molecule has 26 heavy (non-hydrogen) atoms. The largest absolute Gasteiger partial charge is 0.304 e. The van der Waals surface area contributed by atoms with Crippen molar-refractivity contribution in [1.82, 2.24) is 5.32 Å². The lowest BCUT2D eigenvalue weighted by Crippen LogP contribution is -2.31. The molecule has 0 aromatic heterocycles. The van der Waals surface area contributed by atoms with E-state index in [-0.39, 0.29) is 32.5 Å². The first-order valence-electron chi connectivity index (χ1n) is 8.62. The summed E-state index contributed by atoms with van der Waals surface area (Å²) < 4.78 is 0. The average molecular weight is 388 g/mol. The number of thioether (sulfide) groups is 1. The predicted molar refractivity (Wildman–Crippen MR) is 122 cm³/mol. The molecule has 1 atom stereocenters. The van der Waals surface area contributed by atoms with Crippen molar-refractivity contribution in [2.75, 3.05) is 6.26 Å². The molecule has 1 N–H and O–H groups in total. The van der Waals surface area contributed by atoms with Crippen LogP contribution in [0, 0.1) is 0 Å². The summed E-state index contributed by atoms with van der Waals surface area (Å²) in [4.78, 5) is 21.8. The normalized spacial score (nSPS) is 9.12. The van der Waals surface area contributed by atoms with Crippen molar-refractivity contribution in [2.45, 2.75) is 94.1 Å². The summed E-state index contributed by atoms with van der Waals surface area (Å²) in [6, 6.07) is 8.17. The molecule has 0 bridgehead atoms. The van der Waals surface area contributed by atoms with Crippen LogP contribution in [0.1, 0.15) is 82.2 Å². The van der Waals surface area contributed by atoms with Gasteiger partial charge >= 0.3 is 0 Å². The first kappa shape index (κ1) is 35.9. The van der Waals surface area contributed by atoms with E-state index in [1.165, 1.54) is 30.7 Å². The summed E-state index contributed by atoms with van der Waals surface area (Å²) in [6.07, 6.45) is 3.31. The van der Waals surface area contributed by atoms with E-state index in [0.717, 1.165) is 6.54 Å². The zero-order valence-electron chi connectivity index (χ0n) is 17.0. The number of nitrogens with one attached hydrogen (secondary N) is 1. The predicted octanol–water partition coefficient (Wildman–Crippen LogP) is 6.79. The van der Waals surface area contributed by atoms with Gasteiger partial charge in [-0.25, -0.2) is 0 Å². The average Bonchev–Trinajstić information content (AvgIpc) is 2.54. The summed E-state index contributed by atoms with van der Waals surface area (Å²) >= 11 is 1.73. The highest BCUT2D eigenvalue weighted by Gasteiger charge is 2.07. The van der Waals surface area contributed by atoms with Crippen molar-refractivity contribution in [3.8, 4) is 0 Å². The van der Waals surface area contributed by atoms with Crippen LogP contribution in [0.3, 0.4) is 0 Å². The minimum absolute atomic E-state index is 0. The number of benzene rings is 1. The van der Waals surface area contributed by atoms with Crippen molar-refractivity contribution in [2.24, 2.45) is 0 Å². The highest BCUT2D eigenvalue weighted by atomic mass is 32.2. The van der Waals surface area contributed by atoms with Gasteiger partial charge in [-0.2, -0.15) is 0 Å². The zero-order valence-corrected chi connectivity index (χ0v) is 17.8. The smallest absolute Gasteiger partial charge is 0.146 e. The van der Waals surface area contributed by atoms with Gasteiger partial charge in [0.25, 0.3) is 0 Å². The summed E-state index contributed by atoms with van der Waals surface area (Å²) in [5.74, 6) is 0.344. The molecule has 1 rings (SSSR count). The Morgan fingerprint density at radius 3 is 1.77 bits per heavy atom. The Kier molecular flexibility index (Phi) is 36.0. The molecular weight excluding hydrogens is 342 g/mol. The number of hydrogen-bond acceptors (Lipinski definition) is 4. The maximum Gasteiger partial charge on any atom is 0.146 e. The molecule has 0 aliphatic rings. The van der Waals surface area contributed by atoms with Crippen LogP contribution in [0.5, 0.6) is 0 Å². The standard InChI is InChI=1S/C12H17NOS.C3H6O.C3H8.C2H6.2CH4/c1-9(10(2)14)13-8-11-6-4-5-7-12(11)15-3;1-3(2)4;1-3-2;1-2;;/h4-7,9,13H,8H2,1-3H3;1-2H3;3H2,1-2H3;1-2H3;2*1H4. The van der Waals surface area contributed by atoms with E-state index in [4.69, 9.17) is 0 Å². The van der Waals surface area contributed by atoms with Gasteiger partial charge in [-0.15, -0.1) is 11.8 Å². The Balaban J connectivity index is -0.000000114. The summed E-state index contributed by atoms with van der Waals surface area (Å²) in [6.45, 7) is 15.6. The molecule has 0 radical (unpaired) electrons. The molecule has 0 amide bonds. The van der Waals surface area contributed by atoms with Crippen molar-refractivity contribution < 1.29 is 9.59 Å². The Bertz CT molecular complexity index is 430. The minimum atomic E-state index is -0.0695. The fourth-order valence-electron chi connectivity index (χ4n) is 1.26. The monoisotopic (exact) mass is 387 g/mol. The number of Topliss-reactive ketones (excluding diaryl/α,β-unsaturated/α-hetero) is 2. The Hall–Kier alpha value is -1.13. The Morgan fingerprint density at radius 2 is 1.42 bits per heavy atom. The van der Waals surface area contributed by atoms with Gasteiger partial charge < -0.3 is 10.1 Å². The second-order valence-corrected chi connectivity index (χ2v) is 5.99. The lowest BCUT2D eigenvalue weighted by Gasteiger charge is -2.12. The van der Waals surface area contributed by atoms with Crippen molar-refractivity contribution in [1.29, 1.82) is 0 Å². The lowest BCUT2D eigenvalue weighted by molar-refractivity contribution is -0.118. The molecule has 4 heteroatoms. The number of carbonyl (C=O) groups is 2. The topological polar surface area (TPSA) is 46.2 Å². The fraction of sp³-hybridized carbons (Fsp3) is 0.636. The molecule has 0 saturated heterocycles. The highest BCUT2D eigenvalue weighted by molar-refractivity contribution is 7.98. The van der Waals surface area contributed by atoms with Gasteiger partial charge in [0.2, 0.25) is 0 Å². The highest BCUT2D eigenvalue weighted by Crippen LogP contribution is 2.19. The van der Waals surface area contributed by atoms with E-state index in [0.29, 0.717) is 0 Å². The maximum atomic E-state index is 11.1. The van der Waals surface area contributed by atoms with E-state index in [2.05, 4.69) is 37.6 Å². The van der Waals surface area contributed by atoms with Gasteiger partial charge in [0.15, 0.2) is 0 Å². The van der Waals surface area contributed by atoms with Gasteiger partial charge in [0.05, 0.1) is 6.04 Å². The van der Waals surface area contributed by atoms with Crippen LogP contribution < -0.4 is 5.32 Å². The zero-order chi connectivity index (χ0) is 19.5. The third-order valence-electron chi connectivity index (χ3n) is 2.40. The third kappa shape index (κ3) is 25.1. The van der Waals surface area contributed by atoms with Gasteiger partial charge in [-0.05, 0) is 45.6 Å². The molecule has 0 saturated carbocycles. The summed E-state index contributed by atoms with van der Waals surface area (Å²) in [7, 11) is 0. The molecule has 0 fully saturated rings. The van der Waals surface area contributed by atoms with Crippen LogP contribution in [0.2, 0.25) is 0 Å². The van der Waals surface area contributed by atoms with E-state index >= 15 is 0 Å². The minimum Gasteiger partial charge on any atom is -0.304 e. The number of rotatable bonds is 5. The first-order chi connectivity index (χ1) is 11.3. The maximum absolute atomic E-state index is 11.1. The van der Waals surface area contributed by atoms with E-state index < -0.39 is 0 Å². The second-order valence-electron chi connectivity index (χ2n) is 5.14. The summed E-state index contributed by atoms with van der Waals surface area (Å²) in [5, 5.41) is 3.21. The third-order valence-corrected chi connectivity index (χ3v) is 3.24. The molecule has 0 spiro atoms. The molecular formula is C22H45NO2S. The molecule has 1 aromatic rings. The quantitative estimate of drug-likeness (QED) is 0.565. The molecule has 1 aromatic carbocycles. The lowest BCUT2D eigenvalue weighted by atomic mass is 10.2. The van der Waals surface area contributed by atoms with Crippen molar-refractivity contribution >= 4 is 23.3 Å². The van der Waals surface area contributed by atoms with Crippen LogP contribution in [-0.2, 0) is 16.1 Å². The number of ketones is 2. The van der Waals surface area contributed by atoms with Gasteiger partial charge in [0.1, 0.15) is 11.6 Å². The molecule has 3 nitrogen and oxygen atoms in total.